The van der Waals surface area contributed by atoms with Crippen molar-refractivity contribution in [2.75, 3.05) is 10.0 Å². The second-order valence-corrected chi connectivity index (χ2v) is 8.81. The molecule has 1 heterocycles. The highest BCUT2D eigenvalue weighted by Crippen LogP contribution is 2.28. The molecular weight excluding hydrogens is 497 g/mol. The van der Waals surface area contributed by atoms with Gasteiger partial charge in [0.05, 0.1) is 10.6 Å². The molecule has 0 bridgehead atoms. The quantitative estimate of drug-likeness (QED) is 0.229. The third-order valence-corrected chi connectivity index (χ3v) is 5.88. The summed E-state index contributed by atoms with van der Waals surface area (Å²) in [7, 11) is -3.74. The van der Waals surface area contributed by atoms with Crippen LogP contribution in [0.25, 0.3) is 11.3 Å². The minimum absolute atomic E-state index is 0.118. The Kier molecular flexibility index (Phi) is 5.79. The normalized spacial score (nSPS) is 10.8. The van der Waals surface area contributed by atoms with Crippen LogP contribution in [0.4, 0.5) is 15.6 Å². The molecule has 136 valence electrons. The van der Waals surface area contributed by atoms with E-state index >= 15 is 0 Å². The van der Waals surface area contributed by atoms with Gasteiger partial charge in [-0.3, -0.25) is 14.8 Å². The van der Waals surface area contributed by atoms with Gasteiger partial charge in [0.1, 0.15) is 0 Å². The Morgan fingerprint density at radius 2 is 1.93 bits per heavy atom. The summed E-state index contributed by atoms with van der Waals surface area (Å²) in [6, 6.07) is 12.9. The Morgan fingerprint density at radius 1 is 1.19 bits per heavy atom. The van der Waals surface area contributed by atoms with Crippen molar-refractivity contribution in [3.8, 4) is 23.6 Å². The number of nitrogens with one attached hydrogen (secondary N) is 2. The lowest BCUT2D eigenvalue weighted by atomic mass is 10.1. The third kappa shape index (κ3) is 4.85. The Balaban J connectivity index is 1.83. The van der Waals surface area contributed by atoms with Gasteiger partial charge in [0.25, 0.3) is 13.9 Å². The van der Waals surface area contributed by atoms with Crippen LogP contribution in [0.15, 0.2) is 58.8 Å². The summed E-state index contributed by atoms with van der Waals surface area (Å²) in [4.78, 5) is 15.5. The summed E-state index contributed by atoms with van der Waals surface area (Å²) in [5, 5.41) is 4.87. The maximum atomic E-state index is 12.5. The van der Waals surface area contributed by atoms with Crippen molar-refractivity contribution in [3.05, 3.63) is 59.5 Å². The summed E-state index contributed by atoms with van der Waals surface area (Å²) in [5.41, 5.74) is 2.37. The molecule has 0 radical (unpaired) electrons. The number of sulfonamides is 1. The molecule has 0 saturated carbocycles. The van der Waals surface area contributed by atoms with Gasteiger partial charge in [0.15, 0.2) is 5.13 Å². The first-order valence-electron chi connectivity index (χ1n) is 7.49. The van der Waals surface area contributed by atoms with Gasteiger partial charge in [-0.1, -0.05) is 18.1 Å². The van der Waals surface area contributed by atoms with Crippen LogP contribution in [-0.2, 0) is 10.0 Å². The maximum Gasteiger partial charge on any atom is 0.286 e. The van der Waals surface area contributed by atoms with Gasteiger partial charge in [0.2, 0.25) is 0 Å². The lowest BCUT2D eigenvalue weighted by molar-refractivity contribution is 0.272. The predicted octanol–water partition coefficient (Wildman–Crippen LogP) is 4.56. The topological polar surface area (TPSA) is 88.2 Å². The lowest BCUT2D eigenvalue weighted by Gasteiger charge is -2.09. The van der Waals surface area contributed by atoms with Gasteiger partial charge in [0, 0.05) is 44.8 Å². The Bertz CT molecular complexity index is 1130. The monoisotopic (exact) mass is 509 g/mol. The van der Waals surface area contributed by atoms with E-state index in [-0.39, 0.29) is 8.81 Å². The minimum Gasteiger partial charge on any atom is -0.293 e. The number of hydrogen-bond donors (Lipinski definition) is 2. The molecule has 3 rings (SSSR count). The van der Waals surface area contributed by atoms with Gasteiger partial charge < -0.3 is 0 Å². The average Bonchev–Trinajstić information content (AvgIpc) is 3.09. The summed E-state index contributed by atoms with van der Waals surface area (Å²) in [6.45, 7) is 0. The summed E-state index contributed by atoms with van der Waals surface area (Å²) < 4.78 is 27.4. The van der Waals surface area contributed by atoms with Gasteiger partial charge in [-0.05, 0) is 36.4 Å². The summed E-state index contributed by atoms with van der Waals surface area (Å²) in [6.07, 6.45) is 5.29. The van der Waals surface area contributed by atoms with E-state index in [0.717, 1.165) is 5.56 Å². The number of nitrogens with zero attached hydrogens (tertiary/aromatic N) is 1. The highest BCUT2D eigenvalue weighted by molar-refractivity contribution is 14.1. The van der Waals surface area contributed by atoms with E-state index < -0.39 is 10.0 Å². The molecule has 6 nitrogen and oxygen atoms in total. The predicted molar refractivity (Wildman–Crippen MR) is 116 cm³/mol. The van der Waals surface area contributed by atoms with Crippen LogP contribution in [0, 0.1) is 12.3 Å². The number of anilines is 2. The van der Waals surface area contributed by atoms with Crippen molar-refractivity contribution in [1.29, 1.82) is 0 Å². The molecule has 2 N–H and O–H groups in total. The van der Waals surface area contributed by atoms with Gasteiger partial charge in [-0.25, -0.2) is 13.4 Å². The van der Waals surface area contributed by atoms with Gasteiger partial charge in [-0.2, -0.15) is 0 Å². The molecule has 0 saturated heterocycles. The van der Waals surface area contributed by atoms with Crippen LogP contribution in [0.2, 0.25) is 0 Å². The third-order valence-electron chi connectivity index (χ3n) is 3.45. The number of benzene rings is 2. The fourth-order valence-electron chi connectivity index (χ4n) is 2.23. The highest BCUT2D eigenvalue weighted by Gasteiger charge is 2.15. The van der Waals surface area contributed by atoms with Crippen LogP contribution in [0.5, 0.6) is 0 Å². The first kappa shape index (κ1) is 19.3. The molecule has 27 heavy (non-hydrogen) atoms. The number of amides is 1. The van der Waals surface area contributed by atoms with Crippen LogP contribution in [0.1, 0.15) is 5.56 Å². The van der Waals surface area contributed by atoms with E-state index in [1.54, 1.807) is 58.3 Å². The lowest BCUT2D eigenvalue weighted by Crippen LogP contribution is -2.12. The maximum absolute atomic E-state index is 12.5. The zero-order valence-corrected chi connectivity index (χ0v) is 17.4. The molecule has 0 aliphatic heterocycles. The molecule has 2 aromatic carbocycles. The number of aromatic nitrogens is 1. The molecule has 0 unspecified atom stereocenters. The number of halogens is 1. The largest absolute Gasteiger partial charge is 0.293 e. The molecular formula is C18H12IN3O3S2. The smallest absolute Gasteiger partial charge is 0.286 e. The summed E-state index contributed by atoms with van der Waals surface area (Å²) >= 11 is 2.92. The molecule has 3 aromatic rings. The first-order valence-corrected chi connectivity index (χ1v) is 10.9. The van der Waals surface area contributed by atoms with Crippen LogP contribution < -0.4 is 10.0 Å². The molecule has 1 aromatic heterocycles. The zero-order chi connectivity index (χ0) is 19.4. The average molecular weight is 509 g/mol. The molecule has 9 heteroatoms. The van der Waals surface area contributed by atoms with Crippen LogP contribution in [0.3, 0.4) is 0 Å². The van der Waals surface area contributed by atoms with Crippen molar-refractivity contribution in [3.63, 3.8) is 0 Å². The molecule has 0 aliphatic carbocycles. The molecule has 0 atom stereocenters. The fraction of sp³-hybridized carbons (Fsp3) is 0. The molecule has 1 amide bonds. The van der Waals surface area contributed by atoms with E-state index in [0.29, 0.717) is 22.1 Å². The van der Waals surface area contributed by atoms with E-state index in [9.17, 15) is 13.2 Å². The van der Waals surface area contributed by atoms with Crippen molar-refractivity contribution < 1.29 is 13.2 Å². The van der Waals surface area contributed by atoms with Crippen LogP contribution >= 0.6 is 33.9 Å². The standard InChI is InChI=1S/C18H12IN3O3S2/c1-2-12-6-8-15(9-7-12)27(24,25)22-14-5-3-4-13(10-14)16-11-26-18(20-16)21-17(19)23/h1,3-11,22H,(H,20,21,23). The van der Waals surface area contributed by atoms with Crippen LogP contribution in [-0.4, -0.2) is 17.3 Å². The molecule has 0 fully saturated rings. The van der Waals surface area contributed by atoms with E-state index in [1.165, 1.54) is 23.5 Å². The van der Waals surface area contributed by atoms with Crippen molar-refractivity contribution >= 4 is 58.7 Å². The van der Waals surface area contributed by atoms with Crippen molar-refractivity contribution in [2.45, 2.75) is 4.90 Å². The highest BCUT2D eigenvalue weighted by atomic mass is 127. The second-order valence-electron chi connectivity index (χ2n) is 5.29. The number of terminal acetylenes is 1. The molecule has 0 aliphatic rings. The fourth-order valence-corrected chi connectivity index (χ4v) is 4.44. The zero-order valence-electron chi connectivity index (χ0n) is 13.6. The molecule has 0 spiro atoms. The number of carbonyl (C=O) groups is 1. The number of thiazole rings is 1. The second kappa shape index (κ2) is 8.08. The Morgan fingerprint density at radius 3 is 2.59 bits per heavy atom. The van der Waals surface area contributed by atoms with E-state index in [4.69, 9.17) is 6.42 Å². The van der Waals surface area contributed by atoms with Gasteiger partial charge >= 0.3 is 0 Å². The number of carbonyl (C=O) groups excluding carboxylic acids is 1. The first-order chi connectivity index (χ1) is 12.9. The minimum atomic E-state index is -3.74. The Hall–Kier alpha value is -2.42. The Labute approximate surface area is 174 Å². The SMILES string of the molecule is C#Cc1ccc(S(=O)(=O)Nc2cccc(-c3csc(NC(=O)I)n3)c2)cc1. The number of hydrogen-bond acceptors (Lipinski definition) is 5. The number of rotatable bonds is 5. The van der Waals surface area contributed by atoms with Crippen molar-refractivity contribution in [1.82, 2.24) is 4.98 Å². The van der Waals surface area contributed by atoms with E-state index in [2.05, 4.69) is 20.9 Å². The van der Waals surface area contributed by atoms with E-state index in [1.807, 2.05) is 6.07 Å². The van der Waals surface area contributed by atoms with Crippen molar-refractivity contribution in [2.24, 2.45) is 0 Å². The van der Waals surface area contributed by atoms with Gasteiger partial charge in [-0.15, -0.1) is 17.8 Å². The summed E-state index contributed by atoms with van der Waals surface area (Å²) in [5.74, 6) is 2.45.